The number of esters is 1. The number of ether oxygens (including phenoxy) is 2. The summed E-state index contributed by atoms with van der Waals surface area (Å²) in [6.07, 6.45) is 2.90. The Hall–Kier alpha value is -3.22. The predicted octanol–water partition coefficient (Wildman–Crippen LogP) is 3.40. The zero-order chi connectivity index (χ0) is 18.9. The van der Waals surface area contributed by atoms with Gasteiger partial charge in [-0.3, -0.25) is 4.79 Å². The summed E-state index contributed by atoms with van der Waals surface area (Å²) in [5.74, 6) is -0.680. The van der Waals surface area contributed by atoms with Crippen molar-refractivity contribution in [2.75, 3.05) is 7.11 Å². The van der Waals surface area contributed by atoms with Crippen molar-refractivity contribution in [2.24, 2.45) is 0 Å². The molecule has 0 aliphatic heterocycles. The van der Waals surface area contributed by atoms with Crippen LogP contribution >= 0.6 is 0 Å². The Morgan fingerprint density at radius 2 is 1.73 bits per heavy atom. The van der Waals surface area contributed by atoms with E-state index in [1.54, 1.807) is 42.5 Å². The number of hydrogen-bond acceptors (Lipinski definition) is 4. The topological polar surface area (TPSA) is 64.6 Å². The lowest BCUT2D eigenvalue weighted by molar-refractivity contribution is -0.116. The van der Waals surface area contributed by atoms with Crippen molar-refractivity contribution in [2.45, 2.75) is 13.2 Å². The molecule has 2 aromatic rings. The van der Waals surface area contributed by atoms with Crippen molar-refractivity contribution in [3.63, 3.8) is 0 Å². The second-order valence-electron chi connectivity index (χ2n) is 5.19. The van der Waals surface area contributed by atoms with Crippen LogP contribution in [0.4, 0.5) is 8.78 Å². The summed E-state index contributed by atoms with van der Waals surface area (Å²) in [6.45, 7) is -2.57. The molecule has 7 heteroatoms. The Morgan fingerprint density at radius 3 is 2.31 bits per heavy atom. The first kappa shape index (κ1) is 19.1. The maximum atomic E-state index is 12.1. The molecule has 26 heavy (non-hydrogen) atoms. The number of halogens is 2. The smallest absolute Gasteiger partial charge is 0.387 e. The Bertz CT molecular complexity index is 771. The van der Waals surface area contributed by atoms with Gasteiger partial charge in [0.15, 0.2) is 0 Å². The zero-order valence-electron chi connectivity index (χ0n) is 13.9. The molecular formula is C19H17F2NO4. The summed E-state index contributed by atoms with van der Waals surface area (Å²) in [6, 6.07) is 12.6. The van der Waals surface area contributed by atoms with Crippen molar-refractivity contribution in [3.8, 4) is 5.75 Å². The molecule has 0 unspecified atom stereocenters. The third kappa shape index (κ3) is 6.01. The molecule has 5 nitrogen and oxygen atoms in total. The van der Waals surface area contributed by atoms with Crippen LogP contribution in [0.25, 0.3) is 6.08 Å². The number of carbonyl (C=O) groups excluding carboxylic acids is 2. The van der Waals surface area contributed by atoms with Gasteiger partial charge in [0.2, 0.25) is 5.91 Å². The molecule has 1 N–H and O–H groups in total. The van der Waals surface area contributed by atoms with Crippen molar-refractivity contribution in [3.05, 3.63) is 71.3 Å². The molecule has 1 amide bonds. The van der Waals surface area contributed by atoms with Crippen molar-refractivity contribution in [1.82, 2.24) is 5.32 Å². The lowest BCUT2D eigenvalue weighted by Crippen LogP contribution is -2.20. The number of hydrogen-bond donors (Lipinski definition) is 1. The van der Waals surface area contributed by atoms with E-state index in [0.29, 0.717) is 17.7 Å². The van der Waals surface area contributed by atoms with Crippen LogP contribution in [0, 0.1) is 0 Å². The second-order valence-corrected chi connectivity index (χ2v) is 5.19. The highest BCUT2D eigenvalue weighted by Gasteiger charge is 2.05. The number of methoxy groups -OCH3 is 1. The fourth-order valence-electron chi connectivity index (χ4n) is 2.06. The molecule has 0 saturated carbocycles. The van der Waals surface area contributed by atoms with Gasteiger partial charge in [0, 0.05) is 12.6 Å². The molecule has 0 aromatic heterocycles. The van der Waals surface area contributed by atoms with Crippen LogP contribution in [-0.2, 0) is 16.1 Å². The van der Waals surface area contributed by atoms with E-state index in [9.17, 15) is 18.4 Å². The van der Waals surface area contributed by atoms with Crippen LogP contribution in [0.3, 0.4) is 0 Å². The summed E-state index contributed by atoms with van der Waals surface area (Å²) in [5.41, 5.74) is 1.93. The van der Waals surface area contributed by atoms with Gasteiger partial charge in [-0.25, -0.2) is 4.79 Å². The van der Waals surface area contributed by atoms with Gasteiger partial charge >= 0.3 is 12.6 Å². The molecule has 2 aromatic carbocycles. The van der Waals surface area contributed by atoms with Crippen LogP contribution in [0.15, 0.2) is 54.6 Å². The second kappa shape index (κ2) is 9.31. The minimum absolute atomic E-state index is 0.0528. The maximum Gasteiger partial charge on any atom is 0.387 e. The highest BCUT2D eigenvalue weighted by molar-refractivity contribution is 5.91. The van der Waals surface area contributed by atoms with E-state index in [2.05, 4.69) is 14.8 Å². The van der Waals surface area contributed by atoms with E-state index in [-0.39, 0.29) is 11.7 Å². The van der Waals surface area contributed by atoms with Crippen LogP contribution < -0.4 is 10.1 Å². The summed E-state index contributed by atoms with van der Waals surface area (Å²) < 4.78 is 33.0. The zero-order valence-corrected chi connectivity index (χ0v) is 13.9. The summed E-state index contributed by atoms with van der Waals surface area (Å²) in [7, 11) is 1.31. The van der Waals surface area contributed by atoms with Crippen molar-refractivity contribution >= 4 is 18.0 Å². The minimum atomic E-state index is -2.87. The van der Waals surface area contributed by atoms with Crippen LogP contribution in [0.1, 0.15) is 21.5 Å². The molecular weight excluding hydrogens is 344 g/mol. The van der Waals surface area contributed by atoms with Gasteiger partial charge in [0.25, 0.3) is 0 Å². The Morgan fingerprint density at radius 1 is 1.08 bits per heavy atom. The molecule has 0 saturated heterocycles. The highest BCUT2D eigenvalue weighted by Crippen LogP contribution is 2.15. The first-order chi connectivity index (χ1) is 12.5. The summed E-state index contributed by atoms with van der Waals surface area (Å²) in [5, 5.41) is 2.70. The van der Waals surface area contributed by atoms with E-state index >= 15 is 0 Å². The fourth-order valence-corrected chi connectivity index (χ4v) is 2.06. The average molecular weight is 361 g/mol. The Kier molecular flexibility index (Phi) is 6.84. The lowest BCUT2D eigenvalue weighted by Gasteiger charge is -2.05. The van der Waals surface area contributed by atoms with E-state index < -0.39 is 12.6 Å². The first-order valence-corrected chi connectivity index (χ1v) is 7.66. The molecule has 136 valence electrons. The van der Waals surface area contributed by atoms with Gasteiger partial charge < -0.3 is 14.8 Å². The standard InChI is InChI=1S/C19H17F2NO4/c1-25-18(24)15-7-2-14(3-8-15)12-22-17(23)11-6-13-4-9-16(10-5-13)26-19(20)21/h2-11,19H,12H2,1H3,(H,22,23). The normalized spacial score (nSPS) is 10.8. The van der Waals surface area contributed by atoms with Gasteiger partial charge in [-0.1, -0.05) is 24.3 Å². The van der Waals surface area contributed by atoms with E-state index in [4.69, 9.17) is 0 Å². The third-order valence-electron chi connectivity index (χ3n) is 3.37. The molecule has 0 spiro atoms. The number of alkyl halides is 2. The number of benzene rings is 2. The highest BCUT2D eigenvalue weighted by atomic mass is 19.3. The molecule has 0 aliphatic carbocycles. The fraction of sp³-hybridized carbons (Fsp3) is 0.158. The monoisotopic (exact) mass is 361 g/mol. The Balaban J connectivity index is 1.84. The van der Waals surface area contributed by atoms with Crippen molar-refractivity contribution in [1.29, 1.82) is 0 Å². The van der Waals surface area contributed by atoms with Crippen molar-refractivity contribution < 1.29 is 27.8 Å². The largest absolute Gasteiger partial charge is 0.465 e. The molecule has 0 fully saturated rings. The van der Waals surface area contributed by atoms with Gasteiger partial charge in [-0.2, -0.15) is 8.78 Å². The molecule has 0 radical (unpaired) electrons. The molecule has 0 bridgehead atoms. The molecule has 0 heterocycles. The van der Waals surface area contributed by atoms with Gasteiger partial charge in [0.05, 0.1) is 12.7 Å². The summed E-state index contributed by atoms with van der Waals surface area (Å²) >= 11 is 0. The summed E-state index contributed by atoms with van der Waals surface area (Å²) in [4.78, 5) is 23.2. The number of carbonyl (C=O) groups is 2. The number of rotatable bonds is 7. The van der Waals surface area contributed by atoms with Gasteiger partial charge in [-0.05, 0) is 41.5 Å². The third-order valence-corrected chi connectivity index (χ3v) is 3.37. The maximum absolute atomic E-state index is 12.1. The van der Waals surface area contributed by atoms with Crippen LogP contribution in [0.2, 0.25) is 0 Å². The molecule has 0 atom stereocenters. The van der Waals surface area contributed by atoms with Gasteiger partial charge in [0.1, 0.15) is 5.75 Å². The lowest BCUT2D eigenvalue weighted by atomic mass is 10.1. The Labute approximate surface area is 149 Å². The van der Waals surface area contributed by atoms with Crippen LogP contribution in [0.5, 0.6) is 5.75 Å². The van der Waals surface area contributed by atoms with Gasteiger partial charge in [-0.15, -0.1) is 0 Å². The van der Waals surface area contributed by atoms with E-state index in [1.807, 2.05) is 0 Å². The van der Waals surface area contributed by atoms with Crippen LogP contribution in [-0.4, -0.2) is 25.6 Å². The minimum Gasteiger partial charge on any atom is -0.465 e. The quantitative estimate of drug-likeness (QED) is 0.606. The number of nitrogens with one attached hydrogen (secondary N) is 1. The SMILES string of the molecule is COC(=O)c1ccc(CNC(=O)C=Cc2ccc(OC(F)F)cc2)cc1. The van der Waals surface area contributed by atoms with E-state index in [0.717, 1.165) is 5.56 Å². The first-order valence-electron chi connectivity index (χ1n) is 7.66. The molecule has 0 aliphatic rings. The van der Waals surface area contributed by atoms with E-state index in [1.165, 1.54) is 25.3 Å². The molecule has 2 rings (SSSR count). The average Bonchev–Trinajstić information content (AvgIpc) is 2.65. The predicted molar refractivity (Wildman–Crippen MR) is 91.7 cm³/mol. The number of amides is 1.